The number of ether oxygens (including phenoxy) is 2. The van der Waals surface area contributed by atoms with Crippen molar-refractivity contribution < 1.29 is 14.3 Å². The molecule has 4 aliphatic rings. The highest BCUT2D eigenvalue weighted by Gasteiger charge is 2.59. The molecule has 0 amide bonds. The molecule has 0 N–H and O–H groups in total. The van der Waals surface area contributed by atoms with Gasteiger partial charge in [-0.25, -0.2) is 4.79 Å². The van der Waals surface area contributed by atoms with E-state index in [0.717, 1.165) is 54.8 Å². The van der Waals surface area contributed by atoms with Gasteiger partial charge in [-0.2, -0.15) is 0 Å². The number of benzene rings is 1. The number of hydrogen-bond acceptors (Lipinski definition) is 3. The SMILES string of the molecule is CC(C)CCC[C@@H](C)[C@H]1CC[C@H]2[C@@H]3CC=C4C[C@H](OC(=O)Oc5ccccc5)CC[C@]4(C)[C@H]3CC[C@]12C. The minimum absolute atomic E-state index is 0.0662. The summed E-state index contributed by atoms with van der Waals surface area (Å²) >= 11 is 0. The Morgan fingerprint density at radius 2 is 1.76 bits per heavy atom. The molecule has 5 rings (SSSR count). The van der Waals surface area contributed by atoms with Crippen molar-refractivity contribution in [1.82, 2.24) is 0 Å². The van der Waals surface area contributed by atoms with Crippen LogP contribution in [-0.4, -0.2) is 12.3 Å². The number of hydrogen-bond donors (Lipinski definition) is 0. The highest BCUT2D eigenvalue weighted by molar-refractivity contribution is 5.64. The molecule has 3 heteroatoms. The molecule has 37 heavy (non-hydrogen) atoms. The first-order chi connectivity index (χ1) is 17.7. The average molecular weight is 507 g/mol. The van der Waals surface area contributed by atoms with Crippen LogP contribution >= 0.6 is 0 Å². The summed E-state index contributed by atoms with van der Waals surface area (Å²) in [5, 5.41) is 0. The van der Waals surface area contributed by atoms with Crippen molar-refractivity contribution in [3.05, 3.63) is 42.0 Å². The first kappa shape index (κ1) is 26.8. The van der Waals surface area contributed by atoms with E-state index in [1.807, 2.05) is 18.2 Å². The fourth-order valence-electron chi connectivity index (χ4n) is 9.50. The molecule has 8 atom stereocenters. The topological polar surface area (TPSA) is 35.5 Å². The van der Waals surface area contributed by atoms with Gasteiger partial charge in [-0.05, 0) is 103 Å². The summed E-state index contributed by atoms with van der Waals surface area (Å²) in [7, 11) is 0. The van der Waals surface area contributed by atoms with Crippen LogP contribution in [0, 0.1) is 46.3 Å². The van der Waals surface area contributed by atoms with Crippen LogP contribution in [0.15, 0.2) is 42.0 Å². The van der Waals surface area contributed by atoms with Crippen LogP contribution < -0.4 is 4.74 Å². The van der Waals surface area contributed by atoms with Gasteiger partial charge in [-0.3, -0.25) is 0 Å². The van der Waals surface area contributed by atoms with Gasteiger partial charge in [0.1, 0.15) is 11.9 Å². The Morgan fingerprint density at radius 3 is 2.51 bits per heavy atom. The van der Waals surface area contributed by atoms with Crippen molar-refractivity contribution in [1.29, 1.82) is 0 Å². The Hall–Kier alpha value is -1.77. The molecule has 0 aromatic heterocycles. The molecule has 0 bridgehead atoms. The molecule has 3 saturated carbocycles. The van der Waals surface area contributed by atoms with E-state index in [9.17, 15) is 4.79 Å². The Morgan fingerprint density at radius 1 is 0.973 bits per heavy atom. The summed E-state index contributed by atoms with van der Waals surface area (Å²) in [4.78, 5) is 12.4. The van der Waals surface area contributed by atoms with E-state index in [-0.39, 0.29) is 11.5 Å². The smallest absolute Gasteiger partial charge is 0.430 e. The van der Waals surface area contributed by atoms with E-state index in [2.05, 4.69) is 40.7 Å². The second-order valence-electron chi connectivity index (χ2n) is 13.9. The molecular weight excluding hydrogens is 456 g/mol. The van der Waals surface area contributed by atoms with Crippen LogP contribution in [0.5, 0.6) is 5.75 Å². The summed E-state index contributed by atoms with van der Waals surface area (Å²) in [5.41, 5.74) is 2.36. The van der Waals surface area contributed by atoms with Gasteiger partial charge < -0.3 is 9.47 Å². The molecule has 1 aromatic rings. The van der Waals surface area contributed by atoms with Crippen LogP contribution in [0.3, 0.4) is 0 Å². The fourth-order valence-corrected chi connectivity index (χ4v) is 9.50. The number of rotatable bonds is 7. The normalized spacial score (nSPS) is 37.7. The maximum absolute atomic E-state index is 12.4. The van der Waals surface area contributed by atoms with E-state index in [1.165, 1.54) is 51.4 Å². The summed E-state index contributed by atoms with van der Waals surface area (Å²) in [5.74, 6) is 5.64. The first-order valence-corrected chi connectivity index (χ1v) is 15.3. The molecular formula is C34H50O3. The van der Waals surface area contributed by atoms with Gasteiger partial charge in [-0.1, -0.05) is 83.7 Å². The number of carbonyl (C=O) groups excluding carboxylic acids is 1. The predicted octanol–water partition coefficient (Wildman–Crippen LogP) is 9.61. The van der Waals surface area contributed by atoms with Crippen molar-refractivity contribution in [3.63, 3.8) is 0 Å². The lowest BCUT2D eigenvalue weighted by Crippen LogP contribution is -2.51. The molecule has 0 radical (unpaired) electrons. The molecule has 1 aromatic carbocycles. The molecule has 3 fully saturated rings. The van der Waals surface area contributed by atoms with Crippen molar-refractivity contribution in [2.75, 3.05) is 0 Å². The maximum Gasteiger partial charge on any atom is 0.514 e. The van der Waals surface area contributed by atoms with Gasteiger partial charge >= 0.3 is 6.16 Å². The lowest BCUT2D eigenvalue weighted by molar-refractivity contribution is -0.0597. The Bertz CT molecular complexity index is 967. The standard InChI is InChI=1S/C34H50O3/c1-23(2)10-9-11-24(3)29-16-17-30-28-15-14-25-22-27(37-32(35)36-26-12-7-6-8-13-26)18-20-33(25,4)31(28)19-21-34(29,30)5/h6-8,12-14,23-24,27-31H,9-11,15-22H2,1-5H3/t24-,27-,28+,29-,30+,31+,33+,34-/m1/s1. The lowest BCUT2D eigenvalue weighted by atomic mass is 9.47. The highest BCUT2D eigenvalue weighted by atomic mass is 16.7. The van der Waals surface area contributed by atoms with E-state index in [1.54, 1.807) is 17.7 Å². The number of fused-ring (bicyclic) bond motifs is 5. The molecule has 0 saturated heterocycles. The third kappa shape index (κ3) is 5.26. The van der Waals surface area contributed by atoms with E-state index >= 15 is 0 Å². The van der Waals surface area contributed by atoms with Crippen molar-refractivity contribution in [2.45, 2.75) is 111 Å². The van der Waals surface area contributed by atoms with Crippen molar-refractivity contribution in [2.24, 2.45) is 46.3 Å². The summed E-state index contributed by atoms with van der Waals surface area (Å²) in [6.07, 6.45) is 16.0. The Kier molecular flexibility index (Phi) is 7.81. The summed E-state index contributed by atoms with van der Waals surface area (Å²) in [6, 6.07) is 9.23. The van der Waals surface area contributed by atoms with Gasteiger partial charge in [0.2, 0.25) is 0 Å². The predicted molar refractivity (Wildman–Crippen MR) is 150 cm³/mol. The largest absolute Gasteiger partial charge is 0.514 e. The summed E-state index contributed by atoms with van der Waals surface area (Å²) < 4.78 is 11.2. The molecule has 204 valence electrons. The zero-order valence-corrected chi connectivity index (χ0v) is 24.0. The fraction of sp³-hybridized carbons (Fsp3) is 0.735. The maximum atomic E-state index is 12.4. The van der Waals surface area contributed by atoms with Crippen LogP contribution in [0.4, 0.5) is 4.79 Å². The van der Waals surface area contributed by atoms with Gasteiger partial charge in [-0.15, -0.1) is 0 Å². The van der Waals surface area contributed by atoms with E-state index < -0.39 is 6.16 Å². The van der Waals surface area contributed by atoms with E-state index in [0.29, 0.717) is 11.2 Å². The third-order valence-corrected chi connectivity index (χ3v) is 11.5. The molecule has 3 nitrogen and oxygen atoms in total. The number of carbonyl (C=O) groups is 1. The second kappa shape index (κ2) is 10.8. The Labute approximate surface area is 225 Å². The molecule has 4 aliphatic carbocycles. The van der Waals surface area contributed by atoms with Crippen molar-refractivity contribution in [3.8, 4) is 5.75 Å². The average Bonchev–Trinajstić information content (AvgIpc) is 3.22. The van der Waals surface area contributed by atoms with Crippen LogP contribution in [0.1, 0.15) is 105 Å². The summed E-state index contributed by atoms with van der Waals surface area (Å²) in [6.45, 7) is 12.5. The van der Waals surface area contributed by atoms with Gasteiger partial charge in [0, 0.05) is 6.42 Å². The number of allylic oxidation sites excluding steroid dienone is 1. The first-order valence-electron chi connectivity index (χ1n) is 15.3. The zero-order valence-electron chi connectivity index (χ0n) is 24.0. The molecule has 0 aliphatic heterocycles. The van der Waals surface area contributed by atoms with Crippen LogP contribution in [0.25, 0.3) is 0 Å². The van der Waals surface area contributed by atoms with Gasteiger partial charge in [0.25, 0.3) is 0 Å². The minimum Gasteiger partial charge on any atom is -0.430 e. The monoisotopic (exact) mass is 506 g/mol. The lowest BCUT2D eigenvalue weighted by Gasteiger charge is -2.58. The quantitative estimate of drug-likeness (QED) is 0.210. The van der Waals surface area contributed by atoms with Crippen LogP contribution in [0.2, 0.25) is 0 Å². The molecule has 0 heterocycles. The third-order valence-electron chi connectivity index (χ3n) is 11.5. The molecule has 0 unspecified atom stereocenters. The highest BCUT2D eigenvalue weighted by Crippen LogP contribution is 2.67. The van der Waals surface area contributed by atoms with Gasteiger partial charge in [0.05, 0.1) is 0 Å². The van der Waals surface area contributed by atoms with Gasteiger partial charge in [0.15, 0.2) is 0 Å². The van der Waals surface area contributed by atoms with E-state index in [4.69, 9.17) is 9.47 Å². The molecule has 0 spiro atoms. The zero-order chi connectivity index (χ0) is 26.2. The Balaban J connectivity index is 1.22. The van der Waals surface area contributed by atoms with Crippen LogP contribution in [-0.2, 0) is 4.74 Å². The van der Waals surface area contributed by atoms with Crippen molar-refractivity contribution >= 4 is 6.16 Å². The number of para-hydroxylation sites is 1. The minimum atomic E-state index is -0.568. The second-order valence-corrected chi connectivity index (χ2v) is 13.9.